The van der Waals surface area contributed by atoms with E-state index in [0.717, 1.165) is 25.1 Å². The zero-order chi connectivity index (χ0) is 16.8. The van der Waals surface area contributed by atoms with Gasteiger partial charge in [0.05, 0.1) is 6.33 Å². The van der Waals surface area contributed by atoms with Crippen LogP contribution in [-0.2, 0) is 13.0 Å². The quantitative estimate of drug-likeness (QED) is 0.507. The van der Waals surface area contributed by atoms with Crippen molar-refractivity contribution >= 4 is 17.4 Å². The summed E-state index contributed by atoms with van der Waals surface area (Å²) in [6, 6.07) is 17.0. The van der Waals surface area contributed by atoms with Gasteiger partial charge in [0.2, 0.25) is 0 Å². The van der Waals surface area contributed by atoms with Crippen molar-refractivity contribution in [2.24, 2.45) is 0 Å². The number of benzene rings is 2. The predicted octanol–water partition coefficient (Wildman–Crippen LogP) is 4.57. The van der Waals surface area contributed by atoms with Gasteiger partial charge < -0.3 is 10.3 Å². The third-order valence-corrected chi connectivity index (χ3v) is 5.29. The largest absolute Gasteiger partial charge is 0.399 e. The second-order valence-electron chi connectivity index (χ2n) is 6.09. The molecule has 0 aliphatic heterocycles. The molecule has 4 heteroatoms. The van der Waals surface area contributed by atoms with E-state index in [4.69, 9.17) is 5.73 Å². The molecule has 1 aromatic heterocycles. The fourth-order valence-electron chi connectivity index (χ4n) is 2.64. The molecule has 3 nitrogen and oxygen atoms in total. The van der Waals surface area contributed by atoms with Crippen molar-refractivity contribution in [2.45, 2.75) is 36.5 Å². The summed E-state index contributed by atoms with van der Waals surface area (Å²) < 4.78 is 2.16. The molecule has 2 N–H and O–H groups in total. The highest BCUT2D eigenvalue weighted by atomic mass is 32.2. The van der Waals surface area contributed by atoms with Gasteiger partial charge in [-0.3, -0.25) is 0 Å². The van der Waals surface area contributed by atoms with E-state index in [1.54, 1.807) is 0 Å². The molecular weight excluding hydrogens is 314 g/mol. The molecule has 124 valence electrons. The van der Waals surface area contributed by atoms with Gasteiger partial charge in [-0.15, -0.1) is 11.8 Å². The molecule has 3 rings (SSSR count). The van der Waals surface area contributed by atoms with Gasteiger partial charge in [-0.05, 0) is 49.6 Å². The Morgan fingerprint density at radius 3 is 2.50 bits per heavy atom. The molecule has 0 fully saturated rings. The van der Waals surface area contributed by atoms with Crippen LogP contribution in [0.25, 0.3) is 0 Å². The highest BCUT2D eigenvalue weighted by Crippen LogP contribution is 2.28. The number of imidazole rings is 1. The first-order valence-corrected chi connectivity index (χ1v) is 9.10. The zero-order valence-electron chi connectivity index (χ0n) is 13.9. The molecule has 1 unspecified atom stereocenters. The molecule has 0 saturated heterocycles. The summed E-state index contributed by atoms with van der Waals surface area (Å²) in [6.07, 6.45) is 7.97. The lowest BCUT2D eigenvalue weighted by Crippen LogP contribution is -2.13. The van der Waals surface area contributed by atoms with Crippen LogP contribution in [0.1, 0.15) is 17.5 Å². The van der Waals surface area contributed by atoms with E-state index in [0.29, 0.717) is 5.25 Å². The van der Waals surface area contributed by atoms with Crippen LogP contribution in [0.2, 0.25) is 0 Å². The van der Waals surface area contributed by atoms with Gasteiger partial charge in [-0.2, -0.15) is 0 Å². The minimum absolute atomic E-state index is 0.490. The lowest BCUT2D eigenvalue weighted by molar-refractivity contribution is 0.624. The second kappa shape index (κ2) is 8.06. The van der Waals surface area contributed by atoms with E-state index < -0.39 is 0 Å². The van der Waals surface area contributed by atoms with Gasteiger partial charge >= 0.3 is 0 Å². The number of aryl methyl sites for hydroxylation is 2. The maximum absolute atomic E-state index is 5.79. The van der Waals surface area contributed by atoms with Crippen LogP contribution in [0, 0.1) is 6.92 Å². The summed E-state index contributed by atoms with van der Waals surface area (Å²) in [7, 11) is 0. The smallest absolute Gasteiger partial charge is 0.0946 e. The Morgan fingerprint density at radius 1 is 1.08 bits per heavy atom. The Morgan fingerprint density at radius 2 is 1.83 bits per heavy atom. The van der Waals surface area contributed by atoms with Crippen molar-refractivity contribution in [1.29, 1.82) is 0 Å². The molecule has 2 aromatic carbocycles. The predicted molar refractivity (Wildman–Crippen MR) is 102 cm³/mol. The Bertz CT molecular complexity index is 734. The van der Waals surface area contributed by atoms with Crippen LogP contribution in [0.15, 0.2) is 72.1 Å². The Labute approximate surface area is 147 Å². The van der Waals surface area contributed by atoms with E-state index in [-0.39, 0.29) is 0 Å². The van der Waals surface area contributed by atoms with Crippen molar-refractivity contribution < 1.29 is 0 Å². The van der Waals surface area contributed by atoms with Crippen molar-refractivity contribution in [3.8, 4) is 0 Å². The summed E-state index contributed by atoms with van der Waals surface area (Å²) >= 11 is 1.91. The van der Waals surface area contributed by atoms with E-state index in [1.165, 1.54) is 16.0 Å². The summed E-state index contributed by atoms with van der Waals surface area (Å²) in [5, 5.41) is 0.490. The molecule has 0 saturated carbocycles. The fourth-order valence-corrected chi connectivity index (χ4v) is 3.80. The zero-order valence-corrected chi connectivity index (χ0v) is 14.7. The fraction of sp³-hybridized carbons (Fsp3) is 0.250. The van der Waals surface area contributed by atoms with E-state index in [9.17, 15) is 0 Å². The number of aromatic nitrogens is 2. The summed E-state index contributed by atoms with van der Waals surface area (Å²) in [5.74, 6) is 0. The number of anilines is 1. The van der Waals surface area contributed by atoms with Crippen molar-refractivity contribution in [3.63, 3.8) is 0 Å². The molecule has 1 heterocycles. The first-order chi connectivity index (χ1) is 11.7. The van der Waals surface area contributed by atoms with Gasteiger partial charge in [0.25, 0.3) is 0 Å². The molecular formula is C20H23N3S. The monoisotopic (exact) mass is 337 g/mol. The van der Waals surface area contributed by atoms with Gasteiger partial charge in [-0.1, -0.05) is 29.8 Å². The molecule has 0 amide bonds. The average Bonchev–Trinajstić information content (AvgIpc) is 3.09. The Balaban J connectivity index is 1.66. The number of thioether (sulfide) groups is 1. The molecule has 0 spiro atoms. The van der Waals surface area contributed by atoms with Crippen molar-refractivity contribution in [2.75, 3.05) is 5.73 Å². The lowest BCUT2D eigenvalue weighted by atomic mass is 10.1. The molecule has 0 bridgehead atoms. The Kier molecular flexibility index (Phi) is 5.59. The molecule has 0 radical (unpaired) electrons. The third-order valence-electron chi connectivity index (χ3n) is 4.03. The van der Waals surface area contributed by atoms with Crippen LogP contribution in [0.5, 0.6) is 0 Å². The van der Waals surface area contributed by atoms with E-state index >= 15 is 0 Å². The van der Waals surface area contributed by atoms with Crippen LogP contribution >= 0.6 is 11.8 Å². The molecule has 0 aliphatic rings. The van der Waals surface area contributed by atoms with Crippen molar-refractivity contribution in [3.05, 3.63) is 78.4 Å². The number of hydrogen-bond acceptors (Lipinski definition) is 3. The lowest BCUT2D eigenvalue weighted by Gasteiger charge is -2.17. The molecule has 1 atom stereocenters. The average molecular weight is 337 g/mol. The van der Waals surface area contributed by atoms with Crippen LogP contribution in [-0.4, -0.2) is 14.8 Å². The summed E-state index contributed by atoms with van der Waals surface area (Å²) in [5.41, 5.74) is 9.31. The third kappa shape index (κ3) is 4.90. The van der Waals surface area contributed by atoms with Gasteiger partial charge in [0.1, 0.15) is 0 Å². The maximum atomic E-state index is 5.79. The first-order valence-electron chi connectivity index (χ1n) is 8.22. The minimum Gasteiger partial charge on any atom is -0.399 e. The summed E-state index contributed by atoms with van der Waals surface area (Å²) in [6.45, 7) is 3.09. The van der Waals surface area contributed by atoms with E-state index in [1.807, 2.05) is 42.6 Å². The molecule has 0 aliphatic carbocycles. The standard InChI is InChI=1S/C20H23N3S/c1-16-2-4-17(5-3-16)6-9-20(14-23-13-12-22-15-23)24-19-10-7-18(21)8-11-19/h2-5,7-8,10-13,15,20H,6,9,14,21H2,1H3. The van der Waals surface area contributed by atoms with Crippen LogP contribution in [0.3, 0.4) is 0 Å². The van der Waals surface area contributed by atoms with Gasteiger partial charge in [0, 0.05) is 34.8 Å². The number of rotatable bonds is 7. The normalized spacial score (nSPS) is 12.2. The topological polar surface area (TPSA) is 43.8 Å². The van der Waals surface area contributed by atoms with Crippen LogP contribution < -0.4 is 5.73 Å². The van der Waals surface area contributed by atoms with Crippen molar-refractivity contribution in [1.82, 2.24) is 9.55 Å². The first kappa shape index (κ1) is 16.7. The SMILES string of the molecule is Cc1ccc(CCC(Cn2ccnc2)Sc2ccc(N)cc2)cc1. The van der Waals surface area contributed by atoms with Gasteiger partial charge in [0.15, 0.2) is 0 Å². The molecule has 24 heavy (non-hydrogen) atoms. The molecule has 3 aromatic rings. The summed E-state index contributed by atoms with van der Waals surface area (Å²) in [4.78, 5) is 5.42. The van der Waals surface area contributed by atoms with Gasteiger partial charge in [-0.25, -0.2) is 4.98 Å². The highest BCUT2D eigenvalue weighted by molar-refractivity contribution is 8.00. The minimum atomic E-state index is 0.490. The second-order valence-corrected chi connectivity index (χ2v) is 7.47. The van der Waals surface area contributed by atoms with E-state index in [2.05, 4.69) is 52.9 Å². The van der Waals surface area contributed by atoms with Crippen LogP contribution in [0.4, 0.5) is 5.69 Å². The highest BCUT2D eigenvalue weighted by Gasteiger charge is 2.12. The number of nitrogen functional groups attached to an aromatic ring is 1. The maximum Gasteiger partial charge on any atom is 0.0946 e. The number of nitrogens with zero attached hydrogens (tertiary/aromatic N) is 2. The Hall–Kier alpha value is -2.20. The number of nitrogens with two attached hydrogens (primary N) is 1. The number of hydrogen-bond donors (Lipinski definition) is 1.